The minimum Gasteiger partial charge on any atom is -0.379 e. The Morgan fingerprint density at radius 1 is 1.14 bits per heavy atom. The molecule has 5 rings (SSSR count). The summed E-state index contributed by atoms with van der Waals surface area (Å²) in [6.45, 7) is 5.55. The normalized spacial score (nSPS) is 17.7. The number of anilines is 1. The lowest BCUT2D eigenvalue weighted by Crippen LogP contribution is -2.36. The Bertz CT molecular complexity index is 935. The molecule has 0 amide bonds. The number of aryl methyl sites for hydroxylation is 2. The third kappa shape index (κ3) is 3.71. The predicted molar refractivity (Wildman–Crippen MR) is 106 cm³/mol. The Morgan fingerprint density at radius 2 is 2.04 bits per heavy atom. The Hall–Kier alpha value is -2.17. The van der Waals surface area contributed by atoms with E-state index in [9.17, 15) is 0 Å². The fourth-order valence-electron chi connectivity index (χ4n) is 3.92. The quantitative estimate of drug-likeness (QED) is 0.665. The molecule has 0 radical (unpaired) electrons. The van der Waals surface area contributed by atoms with Crippen molar-refractivity contribution in [2.24, 2.45) is 0 Å². The molecule has 2 aliphatic rings. The number of aromatic nitrogens is 6. The average molecular weight is 401 g/mol. The van der Waals surface area contributed by atoms with Crippen LogP contribution in [0.1, 0.15) is 29.1 Å². The molecule has 28 heavy (non-hydrogen) atoms. The third-order valence-electron chi connectivity index (χ3n) is 5.33. The molecule has 1 aliphatic heterocycles. The molecular weight excluding hydrogens is 376 g/mol. The fraction of sp³-hybridized carbons (Fsp3) is 0.611. The van der Waals surface area contributed by atoms with E-state index >= 15 is 0 Å². The molecule has 9 nitrogen and oxygen atoms in total. The average Bonchev–Trinajstić information content (AvgIpc) is 3.36. The van der Waals surface area contributed by atoms with Crippen LogP contribution in [0, 0.1) is 0 Å². The molecule has 0 saturated carbocycles. The van der Waals surface area contributed by atoms with Gasteiger partial charge >= 0.3 is 0 Å². The molecule has 0 atom stereocenters. The van der Waals surface area contributed by atoms with Crippen molar-refractivity contribution >= 4 is 27.4 Å². The molecule has 3 aromatic heterocycles. The first-order valence-corrected chi connectivity index (χ1v) is 10.7. The molecule has 4 heterocycles. The van der Waals surface area contributed by atoms with Crippen LogP contribution in [0.3, 0.4) is 0 Å². The van der Waals surface area contributed by atoms with E-state index in [1.54, 1.807) is 4.80 Å². The second kappa shape index (κ2) is 8.06. The number of hydrogen-bond donors (Lipinski definition) is 1. The van der Waals surface area contributed by atoms with E-state index in [1.807, 2.05) is 11.3 Å². The largest absolute Gasteiger partial charge is 0.379 e. The summed E-state index contributed by atoms with van der Waals surface area (Å²) in [5.74, 6) is 1.84. The number of nitrogens with zero attached hydrogens (tertiary/aromatic N) is 7. The third-order valence-corrected chi connectivity index (χ3v) is 6.51. The van der Waals surface area contributed by atoms with Gasteiger partial charge in [0.25, 0.3) is 0 Å². The summed E-state index contributed by atoms with van der Waals surface area (Å²) in [7, 11) is 0. The first-order chi connectivity index (χ1) is 13.9. The van der Waals surface area contributed by atoms with Crippen molar-refractivity contribution in [1.29, 1.82) is 0 Å². The number of tetrazole rings is 1. The maximum atomic E-state index is 5.46. The molecule has 0 bridgehead atoms. The Labute approximate surface area is 167 Å². The van der Waals surface area contributed by atoms with Crippen molar-refractivity contribution in [2.45, 2.75) is 38.8 Å². The topological polar surface area (TPSA) is 93.9 Å². The molecule has 0 spiro atoms. The number of hydrogen-bond acceptors (Lipinski definition) is 9. The SMILES string of the molecule is c1nnn(CCNc2nc(CN3CCOCC3)nc3sc4c(c23)CCCC4)n1. The van der Waals surface area contributed by atoms with Gasteiger partial charge in [-0.25, -0.2) is 9.97 Å². The van der Waals surface area contributed by atoms with Gasteiger partial charge in [-0.1, -0.05) is 0 Å². The molecule has 0 unspecified atom stereocenters. The summed E-state index contributed by atoms with van der Waals surface area (Å²) in [5.41, 5.74) is 1.45. The number of ether oxygens (including phenoxy) is 1. The van der Waals surface area contributed by atoms with Gasteiger partial charge in [-0.3, -0.25) is 4.90 Å². The lowest BCUT2D eigenvalue weighted by molar-refractivity contribution is 0.0331. The maximum absolute atomic E-state index is 5.46. The van der Waals surface area contributed by atoms with Crippen LogP contribution in [-0.2, 0) is 30.7 Å². The van der Waals surface area contributed by atoms with Crippen molar-refractivity contribution in [2.75, 3.05) is 38.2 Å². The number of thiophene rings is 1. The zero-order chi connectivity index (χ0) is 18.8. The standard InChI is InChI=1S/C18H24N8OS/c1-2-4-14-13(3-1)16-17(19-5-6-26-21-12-20-24-26)22-15(23-18(16)28-14)11-25-7-9-27-10-8-25/h12H,1-11H2,(H,19,22,23). The number of nitrogens with one attached hydrogen (secondary N) is 1. The van der Waals surface area contributed by atoms with Crippen LogP contribution in [0.4, 0.5) is 5.82 Å². The van der Waals surface area contributed by atoms with Crippen LogP contribution in [0.2, 0.25) is 0 Å². The van der Waals surface area contributed by atoms with Crippen molar-refractivity contribution in [1.82, 2.24) is 35.1 Å². The second-order valence-electron chi connectivity index (χ2n) is 7.23. The van der Waals surface area contributed by atoms with Crippen molar-refractivity contribution in [3.63, 3.8) is 0 Å². The maximum Gasteiger partial charge on any atom is 0.162 e. The van der Waals surface area contributed by atoms with Gasteiger partial charge in [0.1, 0.15) is 16.5 Å². The lowest BCUT2D eigenvalue weighted by Gasteiger charge is -2.25. The molecule has 1 aliphatic carbocycles. The van der Waals surface area contributed by atoms with E-state index < -0.39 is 0 Å². The second-order valence-corrected chi connectivity index (χ2v) is 8.31. The van der Waals surface area contributed by atoms with E-state index in [0.717, 1.165) is 62.2 Å². The summed E-state index contributed by atoms with van der Waals surface area (Å²) in [6, 6.07) is 0. The Kier molecular flexibility index (Phi) is 5.15. The van der Waals surface area contributed by atoms with Crippen molar-refractivity contribution < 1.29 is 4.74 Å². The van der Waals surface area contributed by atoms with Gasteiger partial charge in [0.05, 0.1) is 31.7 Å². The van der Waals surface area contributed by atoms with Gasteiger partial charge in [0, 0.05) is 24.5 Å². The fourth-order valence-corrected chi connectivity index (χ4v) is 5.20. The van der Waals surface area contributed by atoms with E-state index in [2.05, 4.69) is 25.6 Å². The number of morpholine rings is 1. The van der Waals surface area contributed by atoms with E-state index in [4.69, 9.17) is 14.7 Å². The monoisotopic (exact) mass is 400 g/mol. The Balaban J connectivity index is 1.43. The first kappa shape index (κ1) is 17.9. The smallest absolute Gasteiger partial charge is 0.162 e. The van der Waals surface area contributed by atoms with Crippen LogP contribution in [0.25, 0.3) is 10.2 Å². The molecule has 3 aromatic rings. The summed E-state index contributed by atoms with van der Waals surface area (Å²) in [5, 5.41) is 16.5. The van der Waals surface area contributed by atoms with Crippen molar-refractivity contribution in [3.05, 3.63) is 22.6 Å². The molecule has 1 N–H and O–H groups in total. The van der Waals surface area contributed by atoms with E-state index in [1.165, 1.54) is 35.0 Å². The van der Waals surface area contributed by atoms with Gasteiger partial charge in [-0.2, -0.15) is 4.80 Å². The van der Waals surface area contributed by atoms with Gasteiger partial charge in [-0.15, -0.1) is 21.5 Å². The molecule has 1 fully saturated rings. The van der Waals surface area contributed by atoms with E-state index in [-0.39, 0.29) is 0 Å². The van der Waals surface area contributed by atoms with Crippen LogP contribution in [0.15, 0.2) is 6.33 Å². The molecule has 1 saturated heterocycles. The molecule has 10 heteroatoms. The number of rotatable bonds is 6. The molecule has 148 valence electrons. The highest BCUT2D eigenvalue weighted by Gasteiger charge is 2.22. The minimum absolute atomic E-state index is 0.649. The summed E-state index contributed by atoms with van der Waals surface area (Å²) in [6.07, 6.45) is 6.27. The predicted octanol–water partition coefficient (Wildman–Crippen LogP) is 1.50. The zero-order valence-electron chi connectivity index (χ0n) is 15.8. The molecule has 0 aromatic carbocycles. The van der Waals surface area contributed by atoms with Crippen LogP contribution >= 0.6 is 11.3 Å². The highest BCUT2D eigenvalue weighted by atomic mass is 32.1. The summed E-state index contributed by atoms with van der Waals surface area (Å²) >= 11 is 1.85. The Morgan fingerprint density at radius 3 is 2.89 bits per heavy atom. The van der Waals surface area contributed by atoms with Crippen molar-refractivity contribution in [3.8, 4) is 0 Å². The highest BCUT2D eigenvalue weighted by Crippen LogP contribution is 2.38. The van der Waals surface area contributed by atoms with Crippen LogP contribution < -0.4 is 5.32 Å². The van der Waals surface area contributed by atoms with E-state index in [0.29, 0.717) is 13.1 Å². The molecular formula is C18H24N8OS. The van der Waals surface area contributed by atoms with Crippen LogP contribution in [-0.4, -0.2) is 67.9 Å². The number of fused-ring (bicyclic) bond motifs is 3. The van der Waals surface area contributed by atoms with Gasteiger partial charge < -0.3 is 10.1 Å². The highest BCUT2D eigenvalue weighted by molar-refractivity contribution is 7.19. The van der Waals surface area contributed by atoms with Gasteiger partial charge in [-0.05, 0) is 36.5 Å². The minimum atomic E-state index is 0.649. The van der Waals surface area contributed by atoms with Crippen LogP contribution in [0.5, 0.6) is 0 Å². The summed E-state index contributed by atoms with van der Waals surface area (Å²) < 4.78 is 5.46. The lowest BCUT2D eigenvalue weighted by atomic mass is 9.97. The zero-order valence-corrected chi connectivity index (χ0v) is 16.6. The van der Waals surface area contributed by atoms with Gasteiger partial charge in [0.15, 0.2) is 6.33 Å². The van der Waals surface area contributed by atoms with Gasteiger partial charge in [0.2, 0.25) is 0 Å². The first-order valence-electron chi connectivity index (χ1n) is 9.93. The summed E-state index contributed by atoms with van der Waals surface area (Å²) in [4.78, 5) is 16.4.